The highest BCUT2D eigenvalue weighted by Gasteiger charge is 2.09. The Morgan fingerprint density at radius 3 is 2.83 bits per heavy atom. The van der Waals surface area contributed by atoms with Gasteiger partial charge in [0.1, 0.15) is 0 Å². The molecule has 0 unspecified atom stereocenters. The van der Waals surface area contributed by atoms with Crippen molar-refractivity contribution >= 4 is 11.8 Å². The zero-order valence-electron chi connectivity index (χ0n) is 10.5. The predicted molar refractivity (Wildman–Crippen MR) is 71.1 cm³/mol. The van der Waals surface area contributed by atoms with Gasteiger partial charge in [0, 0.05) is 12.4 Å². The zero-order valence-corrected chi connectivity index (χ0v) is 11.3. The lowest BCUT2D eigenvalue weighted by molar-refractivity contribution is 0.296. The standard InChI is InChI=1S/C12H16N4OS/c1-9-4-5-11(8-10(9)2)16-12(13-14-15-16)18-7-3-6-17/h4-5,8,17H,3,6-7H2,1-2H3. The molecule has 0 radical (unpaired) electrons. The highest BCUT2D eigenvalue weighted by molar-refractivity contribution is 7.99. The van der Waals surface area contributed by atoms with E-state index in [2.05, 4.69) is 41.5 Å². The minimum atomic E-state index is 0.193. The van der Waals surface area contributed by atoms with Crippen LogP contribution in [0.1, 0.15) is 17.5 Å². The first-order valence-electron chi connectivity index (χ1n) is 5.82. The lowest BCUT2D eigenvalue weighted by Crippen LogP contribution is -2.00. The number of thioether (sulfide) groups is 1. The number of aliphatic hydroxyl groups excluding tert-OH is 1. The minimum absolute atomic E-state index is 0.193. The van der Waals surface area contributed by atoms with Crippen LogP contribution in [0.5, 0.6) is 0 Å². The molecule has 6 heteroatoms. The molecule has 1 aromatic carbocycles. The summed E-state index contributed by atoms with van der Waals surface area (Å²) in [6.07, 6.45) is 0.741. The molecule has 2 rings (SSSR count). The third kappa shape index (κ3) is 2.88. The van der Waals surface area contributed by atoms with Crippen molar-refractivity contribution < 1.29 is 5.11 Å². The monoisotopic (exact) mass is 264 g/mol. The molecule has 0 spiro atoms. The molecule has 1 N–H and O–H groups in total. The van der Waals surface area contributed by atoms with Crippen LogP contribution in [-0.4, -0.2) is 37.7 Å². The van der Waals surface area contributed by atoms with Crippen LogP contribution in [0, 0.1) is 13.8 Å². The van der Waals surface area contributed by atoms with Crippen LogP contribution in [-0.2, 0) is 0 Å². The Hall–Kier alpha value is -1.40. The maximum absolute atomic E-state index is 8.78. The topological polar surface area (TPSA) is 63.8 Å². The Balaban J connectivity index is 2.22. The zero-order chi connectivity index (χ0) is 13.0. The molecule has 0 fully saturated rings. The molecule has 18 heavy (non-hydrogen) atoms. The number of tetrazole rings is 1. The lowest BCUT2D eigenvalue weighted by Gasteiger charge is -2.06. The van der Waals surface area contributed by atoms with Crippen LogP contribution < -0.4 is 0 Å². The van der Waals surface area contributed by atoms with Crippen LogP contribution in [0.3, 0.4) is 0 Å². The Morgan fingerprint density at radius 1 is 1.28 bits per heavy atom. The molecule has 96 valence electrons. The Kier molecular flexibility index (Phi) is 4.33. The van der Waals surface area contributed by atoms with Crippen molar-refractivity contribution in [2.75, 3.05) is 12.4 Å². The fourth-order valence-electron chi connectivity index (χ4n) is 1.52. The van der Waals surface area contributed by atoms with Crippen molar-refractivity contribution in [1.82, 2.24) is 20.2 Å². The van der Waals surface area contributed by atoms with E-state index < -0.39 is 0 Å². The van der Waals surface area contributed by atoms with Gasteiger partial charge in [0.15, 0.2) is 0 Å². The van der Waals surface area contributed by atoms with Crippen molar-refractivity contribution in [1.29, 1.82) is 0 Å². The van der Waals surface area contributed by atoms with E-state index in [9.17, 15) is 0 Å². The molecule has 5 nitrogen and oxygen atoms in total. The van der Waals surface area contributed by atoms with Crippen molar-refractivity contribution in [3.05, 3.63) is 29.3 Å². The van der Waals surface area contributed by atoms with Crippen LogP contribution in [0.4, 0.5) is 0 Å². The number of nitrogens with zero attached hydrogens (tertiary/aromatic N) is 4. The fraction of sp³-hybridized carbons (Fsp3) is 0.417. The molecule has 0 aliphatic carbocycles. The lowest BCUT2D eigenvalue weighted by atomic mass is 10.1. The number of hydrogen-bond donors (Lipinski definition) is 1. The summed E-state index contributed by atoms with van der Waals surface area (Å²) in [5.41, 5.74) is 3.44. The van der Waals surface area contributed by atoms with Crippen molar-refractivity contribution in [2.45, 2.75) is 25.4 Å². The van der Waals surface area contributed by atoms with Gasteiger partial charge in [0.25, 0.3) is 0 Å². The van der Waals surface area contributed by atoms with Gasteiger partial charge in [-0.1, -0.05) is 17.8 Å². The molecule has 1 aromatic heterocycles. The highest BCUT2D eigenvalue weighted by Crippen LogP contribution is 2.20. The van der Waals surface area contributed by atoms with E-state index in [-0.39, 0.29) is 6.61 Å². The van der Waals surface area contributed by atoms with Gasteiger partial charge >= 0.3 is 0 Å². The van der Waals surface area contributed by atoms with E-state index >= 15 is 0 Å². The number of hydrogen-bond acceptors (Lipinski definition) is 5. The average Bonchev–Trinajstić information content (AvgIpc) is 2.81. The highest BCUT2D eigenvalue weighted by atomic mass is 32.2. The molecule has 0 saturated carbocycles. The quantitative estimate of drug-likeness (QED) is 0.658. The number of aryl methyl sites for hydroxylation is 2. The van der Waals surface area contributed by atoms with Gasteiger partial charge in [-0.2, -0.15) is 4.68 Å². The van der Waals surface area contributed by atoms with Crippen LogP contribution in [0.15, 0.2) is 23.4 Å². The van der Waals surface area contributed by atoms with Gasteiger partial charge in [-0.15, -0.1) is 5.10 Å². The summed E-state index contributed by atoms with van der Waals surface area (Å²) < 4.78 is 1.73. The van der Waals surface area contributed by atoms with E-state index in [4.69, 9.17) is 5.11 Å². The molecule has 0 aliphatic rings. The second-order valence-corrected chi connectivity index (χ2v) is 5.13. The summed E-state index contributed by atoms with van der Waals surface area (Å²) >= 11 is 1.55. The number of rotatable bonds is 5. The summed E-state index contributed by atoms with van der Waals surface area (Å²) in [5.74, 6) is 0.807. The number of aliphatic hydroxyl groups is 1. The fourth-order valence-corrected chi connectivity index (χ4v) is 2.33. The number of benzene rings is 1. The summed E-state index contributed by atoms with van der Waals surface area (Å²) in [7, 11) is 0. The molecular weight excluding hydrogens is 248 g/mol. The summed E-state index contributed by atoms with van der Waals surface area (Å²) in [5, 5.41) is 21.2. The van der Waals surface area contributed by atoms with E-state index in [1.165, 1.54) is 11.1 Å². The number of aromatic nitrogens is 4. The van der Waals surface area contributed by atoms with Gasteiger partial charge in [0.2, 0.25) is 5.16 Å². The largest absolute Gasteiger partial charge is 0.396 e. The van der Waals surface area contributed by atoms with Gasteiger partial charge < -0.3 is 5.11 Å². The van der Waals surface area contributed by atoms with Crippen molar-refractivity contribution in [2.24, 2.45) is 0 Å². The first-order valence-corrected chi connectivity index (χ1v) is 6.80. The molecule has 0 aliphatic heterocycles. The Bertz CT molecular complexity index is 527. The van der Waals surface area contributed by atoms with Gasteiger partial charge in [-0.05, 0) is 54.0 Å². The maximum atomic E-state index is 8.78. The van der Waals surface area contributed by atoms with Crippen LogP contribution in [0.2, 0.25) is 0 Å². The molecule has 2 aromatic rings. The van der Waals surface area contributed by atoms with Crippen LogP contribution in [0.25, 0.3) is 5.69 Å². The van der Waals surface area contributed by atoms with E-state index in [0.29, 0.717) is 0 Å². The minimum Gasteiger partial charge on any atom is -0.396 e. The summed E-state index contributed by atoms with van der Waals surface area (Å²) in [6.45, 7) is 4.34. The third-order valence-electron chi connectivity index (χ3n) is 2.71. The maximum Gasteiger partial charge on any atom is 0.214 e. The molecule has 0 amide bonds. The molecule has 0 saturated heterocycles. The van der Waals surface area contributed by atoms with E-state index in [0.717, 1.165) is 23.0 Å². The summed E-state index contributed by atoms with van der Waals surface area (Å²) in [4.78, 5) is 0. The van der Waals surface area contributed by atoms with Gasteiger partial charge in [-0.3, -0.25) is 0 Å². The second-order valence-electron chi connectivity index (χ2n) is 4.07. The SMILES string of the molecule is Cc1ccc(-n2nnnc2SCCCO)cc1C. The first-order chi connectivity index (χ1) is 8.72. The van der Waals surface area contributed by atoms with Crippen molar-refractivity contribution in [3.8, 4) is 5.69 Å². The Labute approximate surface area is 110 Å². The third-order valence-corrected chi connectivity index (χ3v) is 3.72. The molecule has 1 heterocycles. The smallest absolute Gasteiger partial charge is 0.214 e. The van der Waals surface area contributed by atoms with Crippen LogP contribution >= 0.6 is 11.8 Å². The predicted octanol–water partition coefficient (Wildman–Crippen LogP) is 1.75. The summed E-state index contributed by atoms with van der Waals surface area (Å²) in [6, 6.07) is 6.14. The average molecular weight is 264 g/mol. The normalized spacial score (nSPS) is 10.8. The van der Waals surface area contributed by atoms with E-state index in [1.807, 2.05) is 6.07 Å². The Morgan fingerprint density at radius 2 is 2.11 bits per heavy atom. The second kappa shape index (κ2) is 5.97. The molecular formula is C12H16N4OS. The molecule has 0 atom stereocenters. The van der Waals surface area contributed by atoms with Gasteiger partial charge in [-0.25, -0.2) is 0 Å². The van der Waals surface area contributed by atoms with Crippen molar-refractivity contribution in [3.63, 3.8) is 0 Å². The van der Waals surface area contributed by atoms with E-state index in [1.54, 1.807) is 16.4 Å². The molecule has 0 bridgehead atoms. The van der Waals surface area contributed by atoms with Gasteiger partial charge in [0.05, 0.1) is 5.69 Å². The first kappa shape index (κ1) is 13.0.